The van der Waals surface area contributed by atoms with E-state index in [0.29, 0.717) is 5.06 Å². The molecule has 2 aliphatic heterocycles. The first kappa shape index (κ1) is 54.2. The maximum Gasteiger partial charge on any atom is 0.408 e. The van der Waals surface area contributed by atoms with E-state index in [2.05, 4.69) is 5.32 Å². The molecule has 4 fully saturated rings. The molecule has 2 saturated heterocycles. The van der Waals surface area contributed by atoms with Crippen molar-refractivity contribution in [3.8, 4) is 0 Å². The van der Waals surface area contributed by atoms with Gasteiger partial charge in [-0.15, -0.1) is 5.06 Å². The zero-order chi connectivity index (χ0) is 53.6. The Morgan fingerprint density at radius 3 is 2.05 bits per heavy atom. The maximum absolute atomic E-state index is 15.2. The topological polar surface area (TPSA) is 294 Å². The molecule has 0 aromatic heterocycles. The number of nitrogens with one attached hydrogen (secondary N) is 1. The van der Waals surface area contributed by atoms with Crippen molar-refractivity contribution in [2.24, 2.45) is 16.7 Å². The lowest BCUT2D eigenvalue weighted by molar-refractivity contribution is -0.346. The zero-order valence-electron chi connectivity index (χ0n) is 41.9. The minimum Gasteiger partial charge on any atom is -0.455 e. The van der Waals surface area contributed by atoms with Gasteiger partial charge in [-0.3, -0.25) is 24.0 Å². The number of aliphatic hydroxyl groups is 3. The first-order valence-corrected chi connectivity index (χ1v) is 24.1. The van der Waals surface area contributed by atoms with Crippen LogP contribution in [-0.4, -0.2) is 134 Å². The number of Topliss-reactive ketones (excluding diaryl/α,β-unsaturated/α-hetero) is 1. The number of esters is 4. The quantitative estimate of drug-likeness (QED) is 0.0910. The maximum atomic E-state index is 15.2. The summed E-state index contributed by atoms with van der Waals surface area (Å²) in [6.07, 6.45) is -13.9. The lowest BCUT2D eigenvalue weighted by Gasteiger charge is -2.67. The number of benzene rings is 2. The van der Waals surface area contributed by atoms with Crippen LogP contribution in [0.3, 0.4) is 0 Å². The van der Waals surface area contributed by atoms with E-state index in [0.717, 1.165) is 6.92 Å². The largest absolute Gasteiger partial charge is 0.455 e. The summed E-state index contributed by atoms with van der Waals surface area (Å²) in [5.41, 5.74) is -9.10. The number of rotatable bonds is 14. The number of ether oxygens (including phenoxy) is 6. The van der Waals surface area contributed by atoms with Crippen LogP contribution in [0.15, 0.2) is 71.8 Å². The van der Waals surface area contributed by atoms with Gasteiger partial charge in [0.15, 0.2) is 11.4 Å². The SMILES string of the molecule is CC(=O)O[C@@]12CO[C@@H]1C[C@H](O)[C@@]1(C)C(=O)[C@H](O)C3=C(C)[C@@H](OC(=O)[C@H](OC(=O)CCCC(=O)ON4C(=O)CCC4=O)[C@@H](NC(=O)OC(C)(C)C)c4ccccc4)C[C@@](O)([C@@H](OC(=O)c4ccccc4)[C@H]21)C3(C)C. The molecule has 21 nitrogen and oxygen atoms in total. The van der Waals surface area contributed by atoms with Crippen LogP contribution < -0.4 is 5.32 Å². The highest BCUT2D eigenvalue weighted by atomic mass is 16.7. The first-order chi connectivity index (χ1) is 34.2. The van der Waals surface area contributed by atoms with Crippen molar-refractivity contribution in [1.82, 2.24) is 10.4 Å². The molecule has 4 N–H and O–H groups in total. The fourth-order valence-corrected chi connectivity index (χ4v) is 11.0. The van der Waals surface area contributed by atoms with Crippen LogP contribution in [0.1, 0.15) is 122 Å². The van der Waals surface area contributed by atoms with Crippen molar-refractivity contribution >= 4 is 53.5 Å². The molecule has 2 heterocycles. The summed E-state index contributed by atoms with van der Waals surface area (Å²) in [5, 5.41) is 41.1. The van der Waals surface area contributed by atoms with Gasteiger partial charge in [0, 0.05) is 50.9 Å². The minimum atomic E-state index is -2.49. The molecule has 2 aromatic rings. The number of amides is 3. The van der Waals surface area contributed by atoms with Gasteiger partial charge in [0.25, 0.3) is 11.8 Å². The molecule has 11 atom stereocenters. The average Bonchev–Trinajstić information content (AvgIpc) is 3.63. The number of carbonyl (C=O) groups excluding carboxylic acids is 9. The number of nitrogens with zero attached hydrogens (tertiary/aromatic N) is 1. The molecule has 394 valence electrons. The highest BCUT2D eigenvalue weighted by Crippen LogP contribution is 2.64. The van der Waals surface area contributed by atoms with Gasteiger partial charge >= 0.3 is 35.9 Å². The highest BCUT2D eigenvalue weighted by molar-refractivity contribution is 6.01. The number of carbonyl (C=O) groups is 9. The third-order valence-corrected chi connectivity index (χ3v) is 14.8. The van der Waals surface area contributed by atoms with E-state index in [1.165, 1.54) is 52.0 Å². The average molecular weight is 1020 g/mol. The van der Waals surface area contributed by atoms with Crippen LogP contribution >= 0.6 is 0 Å². The number of imide groups is 1. The van der Waals surface area contributed by atoms with Crippen LogP contribution in [0.4, 0.5) is 4.79 Å². The fourth-order valence-electron chi connectivity index (χ4n) is 11.0. The van der Waals surface area contributed by atoms with E-state index in [4.69, 9.17) is 33.3 Å². The molecular formula is C52H62N2O19. The zero-order valence-corrected chi connectivity index (χ0v) is 41.9. The van der Waals surface area contributed by atoms with E-state index in [1.54, 1.807) is 57.2 Å². The smallest absolute Gasteiger partial charge is 0.408 e. The summed E-state index contributed by atoms with van der Waals surface area (Å²) in [5.74, 6) is -9.25. The predicted octanol–water partition coefficient (Wildman–Crippen LogP) is 3.59. The number of ketones is 1. The second kappa shape index (κ2) is 20.4. The number of hydrogen-bond acceptors (Lipinski definition) is 19. The van der Waals surface area contributed by atoms with Gasteiger partial charge in [0.1, 0.15) is 41.7 Å². The summed E-state index contributed by atoms with van der Waals surface area (Å²) in [4.78, 5) is 127. The van der Waals surface area contributed by atoms with Crippen LogP contribution in [0, 0.1) is 16.7 Å². The molecule has 3 amide bonds. The third-order valence-electron chi connectivity index (χ3n) is 14.8. The summed E-state index contributed by atoms with van der Waals surface area (Å²) >= 11 is 0. The number of alkyl carbamates (subject to hydrolysis) is 1. The molecule has 0 radical (unpaired) electrons. The van der Waals surface area contributed by atoms with Gasteiger partial charge < -0.3 is 53.9 Å². The summed E-state index contributed by atoms with van der Waals surface area (Å²) < 4.78 is 35.9. The molecule has 2 saturated carbocycles. The Morgan fingerprint density at radius 2 is 1.48 bits per heavy atom. The van der Waals surface area contributed by atoms with E-state index >= 15 is 9.59 Å². The second-order valence-corrected chi connectivity index (χ2v) is 20.9. The number of fused-ring (bicyclic) bond motifs is 5. The highest BCUT2D eigenvalue weighted by Gasteiger charge is 2.78. The van der Waals surface area contributed by atoms with Crippen LogP contribution in [0.5, 0.6) is 0 Å². The van der Waals surface area contributed by atoms with Crippen LogP contribution in [0.25, 0.3) is 0 Å². The van der Waals surface area contributed by atoms with E-state index in [9.17, 15) is 48.9 Å². The summed E-state index contributed by atoms with van der Waals surface area (Å²) in [7, 11) is 0. The lowest BCUT2D eigenvalue weighted by Crippen LogP contribution is -2.81. The fraction of sp³-hybridized carbons (Fsp3) is 0.558. The molecule has 0 spiro atoms. The van der Waals surface area contributed by atoms with Crippen molar-refractivity contribution in [3.63, 3.8) is 0 Å². The number of aliphatic hydroxyl groups excluding tert-OH is 2. The Hall–Kier alpha value is -6.55. The van der Waals surface area contributed by atoms with Gasteiger partial charge in [-0.2, -0.15) is 0 Å². The van der Waals surface area contributed by atoms with Gasteiger partial charge in [0.05, 0.1) is 29.6 Å². The molecule has 73 heavy (non-hydrogen) atoms. The minimum absolute atomic E-state index is 0.0202. The number of hydrogen-bond donors (Lipinski definition) is 4. The molecule has 7 rings (SSSR count). The van der Waals surface area contributed by atoms with Gasteiger partial charge in [0.2, 0.25) is 6.10 Å². The van der Waals surface area contributed by atoms with Gasteiger partial charge in [-0.1, -0.05) is 62.4 Å². The Bertz CT molecular complexity index is 2560. The molecule has 3 aliphatic carbocycles. The monoisotopic (exact) mass is 1020 g/mol. The van der Waals surface area contributed by atoms with Crippen molar-refractivity contribution in [3.05, 3.63) is 82.9 Å². The molecule has 2 bridgehead atoms. The van der Waals surface area contributed by atoms with Crippen molar-refractivity contribution in [2.75, 3.05) is 6.61 Å². The third kappa shape index (κ3) is 10.2. The number of hydroxylamine groups is 2. The predicted molar refractivity (Wildman–Crippen MR) is 249 cm³/mol. The second-order valence-electron chi connectivity index (χ2n) is 20.9. The summed E-state index contributed by atoms with van der Waals surface area (Å²) in [6, 6.07) is 14.0. The van der Waals surface area contributed by atoms with Crippen molar-refractivity contribution < 1.29 is 91.7 Å². The Labute approximate surface area is 420 Å². The van der Waals surface area contributed by atoms with E-state index < -0.39 is 149 Å². The van der Waals surface area contributed by atoms with Crippen molar-refractivity contribution in [2.45, 2.75) is 160 Å². The van der Waals surface area contributed by atoms with Crippen LogP contribution in [-0.2, 0) is 66.8 Å². The van der Waals surface area contributed by atoms with E-state index in [1.807, 2.05) is 0 Å². The molecule has 0 unspecified atom stereocenters. The van der Waals surface area contributed by atoms with E-state index in [-0.39, 0.29) is 54.6 Å². The first-order valence-electron chi connectivity index (χ1n) is 24.1. The molecule has 2 aromatic carbocycles. The summed E-state index contributed by atoms with van der Waals surface area (Å²) in [6.45, 7) is 11.3. The van der Waals surface area contributed by atoms with Crippen LogP contribution in [0.2, 0.25) is 0 Å². The Morgan fingerprint density at radius 1 is 0.877 bits per heavy atom. The normalized spacial score (nSPS) is 30.2. The van der Waals surface area contributed by atoms with Gasteiger partial charge in [-0.05, 0) is 69.9 Å². The lowest BCUT2D eigenvalue weighted by atomic mass is 9.44. The standard InChI is InChI=1S/C52H62N2O19/c1-27-31(68-46(64)41(39(29-16-11-9-12-17-29)53-47(65)72-48(3,4)5)69-36(59)20-15-21-37(60)73-54-34(57)22-23-35(54)58)25-52(66)44(70-45(63)30-18-13-10-14-19-30)42-50(8,43(62)40(61)38(27)49(52,6)7)32(56)24-33-51(42,26-67-33)71-28(2)55/h9-14,16-19,31-33,39-42,44,56,61,66H,15,20-26H2,1-8H3,(H,53,65)/t31-,32-,33+,39-,40+,41+,42-,44-,50+,51-,52+/m0/s1. The molecule has 5 aliphatic rings. The van der Waals surface area contributed by atoms with Gasteiger partial charge in [-0.25, -0.2) is 19.2 Å². The molecular weight excluding hydrogens is 957 g/mol. The molecule has 21 heteroatoms. The van der Waals surface area contributed by atoms with Crippen molar-refractivity contribution in [1.29, 1.82) is 0 Å². The Kier molecular flexibility index (Phi) is 15.2. The Balaban J connectivity index is 1.30.